The van der Waals surface area contributed by atoms with Crippen LogP contribution in [0.25, 0.3) is 0 Å². The lowest BCUT2D eigenvalue weighted by Gasteiger charge is -2.18. The van der Waals surface area contributed by atoms with Gasteiger partial charge in [-0.1, -0.05) is 19.6 Å². The van der Waals surface area contributed by atoms with E-state index in [1.54, 1.807) is 6.92 Å². The van der Waals surface area contributed by atoms with Crippen molar-refractivity contribution in [2.45, 2.75) is 38.8 Å². The van der Waals surface area contributed by atoms with Gasteiger partial charge in [-0.3, -0.25) is 0 Å². The van der Waals surface area contributed by atoms with Gasteiger partial charge in [0, 0.05) is 6.42 Å². The second-order valence-electron chi connectivity index (χ2n) is 3.65. The molecular weight excluding hydrogens is 234 g/mol. The summed E-state index contributed by atoms with van der Waals surface area (Å²) in [4.78, 5) is 23.0. The van der Waals surface area contributed by atoms with E-state index < -0.39 is 18.1 Å². The molecule has 0 aliphatic rings. The lowest BCUT2D eigenvalue weighted by atomic mass is 10.2. The summed E-state index contributed by atoms with van der Waals surface area (Å²) in [5.41, 5.74) is 0. The van der Waals surface area contributed by atoms with Gasteiger partial charge in [-0.2, -0.15) is 0 Å². The van der Waals surface area contributed by atoms with E-state index >= 15 is 0 Å². The van der Waals surface area contributed by atoms with Crippen molar-refractivity contribution in [2.24, 2.45) is 0 Å². The van der Waals surface area contributed by atoms with Gasteiger partial charge in [-0.25, -0.2) is 9.59 Å². The Labute approximate surface area is 108 Å². The summed E-state index contributed by atoms with van der Waals surface area (Å²) in [6.45, 7) is 7.12. The SMILES string of the molecule is C#CCC(NC(=O)OCC=C)C(=O)OC(C)CC. The molecule has 5 nitrogen and oxygen atoms in total. The fourth-order valence-electron chi connectivity index (χ4n) is 0.993. The molecule has 0 aromatic heterocycles. The molecule has 0 radical (unpaired) electrons. The number of alkyl carbamates (subject to hydrolysis) is 1. The maximum atomic E-state index is 11.7. The Morgan fingerprint density at radius 2 is 2.22 bits per heavy atom. The third-order valence-electron chi connectivity index (χ3n) is 2.12. The first-order valence-corrected chi connectivity index (χ1v) is 5.73. The molecule has 0 aliphatic carbocycles. The quantitative estimate of drug-likeness (QED) is 0.425. The predicted octanol–water partition coefficient (Wildman–Crippen LogP) is 1.63. The maximum absolute atomic E-state index is 11.7. The molecule has 0 spiro atoms. The zero-order valence-electron chi connectivity index (χ0n) is 10.8. The molecule has 0 heterocycles. The highest BCUT2D eigenvalue weighted by molar-refractivity contribution is 5.81. The summed E-state index contributed by atoms with van der Waals surface area (Å²) in [5.74, 6) is 1.75. The lowest BCUT2D eigenvalue weighted by Crippen LogP contribution is -2.42. The molecule has 100 valence electrons. The minimum Gasteiger partial charge on any atom is -0.461 e. The lowest BCUT2D eigenvalue weighted by molar-refractivity contribution is -0.150. The first kappa shape index (κ1) is 16.0. The Morgan fingerprint density at radius 3 is 2.72 bits per heavy atom. The highest BCUT2D eigenvalue weighted by atomic mass is 16.6. The van der Waals surface area contributed by atoms with E-state index in [0.29, 0.717) is 6.42 Å². The summed E-state index contributed by atoms with van der Waals surface area (Å²) < 4.78 is 9.80. The Hall–Kier alpha value is -1.96. The van der Waals surface area contributed by atoms with Gasteiger partial charge in [0.05, 0.1) is 6.10 Å². The van der Waals surface area contributed by atoms with Gasteiger partial charge in [0.15, 0.2) is 0 Å². The van der Waals surface area contributed by atoms with Gasteiger partial charge >= 0.3 is 12.1 Å². The summed E-state index contributed by atoms with van der Waals surface area (Å²) in [6, 6.07) is -0.888. The second-order valence-corrected chi connectivity index (χ2v) is 3.65. The average Bonchev–Trinajstić information content (AvgIpc) is 2.35. The molecule has 0 saturated heterocycles. The van der Waals surface area contributed by atoms with Crippen molar-refractivity contribution in [3.05, 3.63) is 12.7 Å². The van der Waals surface area contributed by atoms with Crippen LogP contribution < -0.4 is 5.32 Å². The van der Waals surface area contributed by atoms with E-state index in [4.69, 9.17) is 15.9 Å². The molecule has 2 atom stereocenters. The fourth-order valence-corrected chi connectivity index (χ4v) is 0.993. The van der Waals surface area contributed by atoms with Gasteiger partial charge in [-0.15, -0.1) is 12.3 Å². The molecule has 0 aromatic rings. The molecule has 1 N–H and O–H groups in total. The first-order chi connectivity index (χ1) is 8.54. The number of carbonyl (C=O) groups is 2. The number of carbonyl (C=O) groups excluding carboxylic acids is 2. The molecule has 0 aliphatic heterocycles. The molecule has 1 amide bonds. The number of hydrogen-bond acceptors (Lipinski definition) is 4. The van der Waals surface area contributed by atoms with Gasteiger partial charge in [0.2, 0.25) is 0 Å². The fraction of sp³-hybridized carbons (Fsp3) is 0.538. The van der Waals surface area contributed by atoms with Gasteiger partial charge in [0.1, 0.15) is 12.6 Å². The Kier molecular flexibility index (Phi) is 8.12. The zero-order valence-corrected chi connectivity index (χ0v) is 10.8. The monoisotopic (exact) mass is 253 g/mol. The van der Waals surface area contributed by atoms with Crippen LogP contribution in [-0.4, -0.2) is 30.8 Å². The van der Waals surface area contributed by atoms with Crippen LogP contribution in [0.5, 0.6) is 0 Å². The van der Waals surface area contributed by atoms with E-state index in [1.165, 1.54) is 6.08 Å². The van der Waals surface area contributed by atoms with Crippen LogP contribution in [0, 0.1) is 12.3 Å². The number of ether oxygens (including phenoxy) is 2. The van der Waals surface area contributed by atoms with Crippen molar-refractivity contribution in [2.75, 3.05) is 6.61 Å². The molecular formula is C13H19NO4. The van der Waals surface area contributed by atoms with Crippen LogP contribution in [0.3, 0.4) is 0 Å². The maximum Gasteiger partial charge on any atom is 0.408 e. The van der Waals surface area contributed by atoms with Gasteiger partial charge < -0.3 is 14.8 Å². The van der Waals surface area contributed by atoms with Crippen LogP contribution in [-0.2, 0) is 14.3 Å². The van der Waals surface area contributed by atoms with E-state index in [9.17, 15) is 9.59 Å². The van der Waals surface area contributed by atoms with Crippen LogP contribution in [0.2, 0.25) is 0 Å². The van der Waals surface area contributed by atoms with Crippen LogP contribution in [0.1, 0.15) is 26.7 Å². The number of hydrogen-bond donors (Lipinski definition) is 1. The Bertz CT molecular complexity index is 332. The third kappa shape index (κ3) is 6.59. The van der Waals surface area contributed by atoms with E-state index in [2.05, 4.69) is 17.8 Å². The molecule has 2 unspecified atom stereocenters. The standard InChI is InChI=1S/C13H19NO4/c1-5-8-11(12(15)18-10(4)7-3)14-13(16)17-9-6-2/h1,6,10-11H,2,7-9H2,3-4H3,(H,14,16). The smallest absolute Gasteiger partial charge is 0.408 e. The van der Waals surface area contributed by atoms with Crippen LogP contribution in [0.15, 0.2) is 12.7 Å². The largest absolute Gasteiger partial charge is 0.461 e. The number of nitrogens with one attached hydrogen (secondary N) is 1. The minimum absolute atomic E-state index is 0.0540. The van der Waals surface area contributed by atoms with Crippen molar-refractivity contribution in [3.63, 3.8) is 0 Å². The summed E-state index contributed by atoms with van der Waals surface area (Å²) in [5, 5.41) is 2.36. The van der Waals surface area contributed by atoms with Crippen molar-refractivity contribution in [1.29, 1.82) is 0 Å². The highest BCUT2D eigenvalue weighted by Gasteiger charge is 2.23. The first-order valence-electron chi connectivity index (χ1n) is 5.73. The predicted molar refractivity (Wildman–Crippen MR) is 67.8 cm³/mol. The molecule has 0 rings (SSSR count). The van der Waals surface area contributed by atoms with Gasteiger partial charge in [0.25, 0.3) is 0 Å². The molecule has 0 saturated carbocycles. The molecule has 0 bridgehead atoms. The summed E-state index contributed by atoms with van der Waals surface area (Å²) >= 11 is 0. The van der Waals surface area contributed by atoms with E-state index in [-0.39, 0.29) is 19.1 Å². The number of esters is 1. The highest BCUT2D eigenvalue weighted by Crippen LogP contribution is 2.02. The molecule has 0 aromatic carbocycles. The number of rotatable bonds is 7. The van der Waals surface area contributed by atoms with Crippen LogP contribution >= 0.6 is 0 Å². The Balaban J connectivity index is 4.37. The van der Waals surface area contributed by atoms with E-state index in [0.717, 1.165) is 0 Å². The number of terminal acetylenes is 1. The number of amides is 1. The molecule has 5 heteroatoms. The molecule has 0 fully saturated rings. The van der Waals surface area contributed by atoms with Crippen molar-refractivity contribution in [1.82, 2.24) is 5.32 Å². The van der Waals surface area contributed by atoms with E-state index in [1.807, 2.05) is 6.92 Å². The van der Waals surface area contributed by atoms with Crippen molar-refractivity contribution >= 4 is 12.1 Å². The normalized spacial score (nSPS) is 12.7. The third-order valence-corrected chi connectivity index (χ3v) is 2.12. The topological polar surface area (TPSA) is 64.6 Å². The van der Waals surface area contributed by atoms with Gasteiger partial charge in [-0.05, 0) is 13.3 Å². The molecule has 18 heavy (non-hydrogen) atoms. The van der Waals surface area contributed by atoms with Crippen molar-refractivity contribution < 1.29 is 19.1 Å². The average molecular weight is 253 g/mol. The Morgan fingerprint density at radius 1 is 1.56 bits per heavy atom. The minimum atomic E-state index is -0.888. The van der Waals surface area contributed by atoms with Crippen LogP contribution in [0.4, 0.5) is 4.79 Å². The van der Waals surface area contributed by atoms with Crippen molar-refractivity contribution in [3.8, 4) is 12.3 Å². The summed E-state index contributed by atoms with van der Waals surface area (Å²) in [6.07, 6.45) is 6.36. The zero-order chi connectivity index (χ0) is 14.0. The second kappa shape index (κ2) is 9.11. The summed E-state index contributed by atoms with van der Waals surface area (Å²) in [7, 11) is 0.